The summed E-state index contributed by atoms with van der Waals surface area (Å²) in [7, 11) is 0. The molecule has 26 heavy (non-hydrogen) atoms. The molecule has 1 aliphatic heterocycles. The SMILES string of the molecule is Cc1nn(Cc2ccc(Cl)cc2)c2sc(C(=O)N3CCNCC3)cc12.Cl. The van der Waals surface area contributed by atoms with Crippen molar-refractivity contribution in [1.82, 2.24) is 20.0 Å². The van der Waals surface area contributed by atoms with Gasteiger partial charge in [0.05, 0.1) is 17.1 Å². The van der Waals surface area contributed by atoms with E-state index >= 15 is 0 Å². The molecule has 0 saturated carbocycles. The maximum Gasteiger partial charge on any atom is 0.264 e. The summed E-state index contributed by atoms with van der Waals surface area (Å²) in [5.41, 5.74) is 2.09. The summed E-state index contributed by atoms with van der Waals surface area (Å²) in [4.78, 5) is 16.5. The van der Waals surface area contributed by atoms with Crippen LogP contribution in [0.25, 0.3) is 10.2 Å². The normalized spacial score (nSPS) is 14.5. The first kappa shape index (κ1) is 19.2. The van der Waals surface area contributed by atoms with Gasteiger partial charge in [-0.3, -0.25) is 9.48 Å². The van der Waals surface area contributed by atoms with Crippen molar-refractivity contribution in [2.45, 2.75) is 13.5 Å². The minimum absolute atomic E-state index is 0. The third-order valence-corrected chi connectivity index (χ3v) is 5.86. The molecule has 3 heterocycles. The highest BCUT2D eigenvalue weighted by Crippen LogP contribution is 2.30. The Bertz CT molecular complexity index is 913. The quantitative estimate of drug-likeness (QED) is 0.717. The Morgan fingerprint density at radius 3 is 2.65 bits per heavy atom. The van der Waals surface area contributed by atoms with E-state index in [1.54, 1.807) is 0 Å². The second kappa shape index (κ2) is 7.96. The highest BCUT2D eigenvalue weighted by molar-refractivity contribution is 7.20. The zero-order valence-electron chi connectivity index (χ0n) is 14.4. The molecular formula is C18H20Cl2N4OS. The number of piperazine rings is 1. The van der Waals surface area contributed by atoms with Crippen molar-refractivity contribution >= 4 is 51.5 Å². The van der Waals surface area contributed by atoms with Gasteiger partial charge in [0, 0.05) is 36.6 Å². The van der Waals surface area contributed by atoms with E-state index in [4.69, 9.17) is 11.6 Å². The van der Waals surface area contributed by atoms with Gasteiger partial charge >= 0.3 is 0 Å². The number of carbonyl (C=O) groups is 1. The van der Waals surface area contributed by atoms with Crippen LogP contribution < -0.4 is 5.32 Å². The number of halogens is 2. The first-order valence-electron chi connectivity index (χ1n) is 8.33. The molecule has 0 bridgehead atoms. The fourth-order valence-corrected chi connectivity index (χ4v) is 4.37. The van der Waals surface area contributed by atoms with Crippen LogP contribution in [0, 0.1) is 6.92 Å². The summed E-state index contributed by atoms with van der Waals surface area (Å²) < 4.78 is 1.98. The Balaban J connectivity index is 0.00000196. The average Bonchev–Trinajstić information content (AvgIpc) is 3.19. The molecule has 0 unspecified atom stereocenters. The summed E-state index contributed by atoms with van der Waals surface area (Å²) >= 11 is 7.49. The number of carbonyl (C=O) groups excluding carboxylic acids is 1. The number of rotatable bonds is 3. The van der Waals surface area contributed by atoms with Gasteiger partial charge in [-0.05, 0) is 30.7 Å². The standard InChI is InChI=1S/C18H19ClN4OS.ClH/c1-12-15-10-16(17(24)22-8-6-20-7-9-22)25-18(15)23(21-12)11-13-2-4-14(19)5-3-13;/h2-5,10,20H,6-9,11H2,1H3;1H. The molecule has 138 valence electrons. The molecule has 1 saturated heterocycles. The number of benzene rings is 1. The molecule has 5 nitrogen and oxygen atoms in total. The maximum absolute atomic E-state index is 12.7. The molecule has 1 fully saturated rings. The van der Waals surface area contributed by atoms with Crippen molar-refractivity contribution < 1.29 is 4.79 Å². The summed E-state index contributed by atoms with van der Waals surface area (Å²) in [5, 5.41) is 9.71. The highest BCUT2D eigenvalue weighted by atomic mass is 35.5. The van der Waals surface area contributed by atoms with Gasteiger partial charge in [0.25, 0.3) is 5.91 Å². The van der Waals surface area contributed by atoms with Gasteiger partial charge in [-0.15, -0.1) is 23.7 Å². The Morgan fingerprint density at radius 2 is 1.96 bits per heavy atom. The predicted molar refractivity (Wildman–Crippen MR) is 109 cm³/mol. The van der Waals surface area contributed by atoms with E-state index in [-0.39, 0.29) is 18.3 Å². The molecule has 0 radical (unpaired) electrons. The zero-order valence-corrected chi connectivity index (χ0v) is 16.8. The van der Waals surface area contributed by atoms with Gasteiger partial charge in [-0.25, -0.2) is 0 Å². The average molecular weight is 411 g/mol. The molecule has 1 N–H and O–H groups in total. The fraction of sp³-hybridized carbons (Fsp3) is 0.333. The molecule has 2 aromatic heterocycles. The summed E-state index contributed by atoms with van der Waals surface area (Å²) in [6.07, 6.45) is 0. The van der Waals surface area contributed by atoms with Gasteiger partial charge in [0.2, 0.25) is 0 Å². The molecule has 8 heteroatoms. The Labute approximate surface area is 167 Å². The van der Waals surface area contributed by atoms with E-state index in [0.29, 0.717) is 6.54 Å². The van der Waals surface area contributed by atoms with Gasteiger partial charge in [-0.2, -0.15) is 5.10 Å². The number of aryl methyl sites for hydroxylation is 1. The lowest BCUT2D eigenvalue weighted by Crippen LogP contribution is -2.46. The largest absolute Gasteiger partial charge is 0.335 e. The smallest absolute Gasteiger partial charge is 0.264 e. The third-order valence-electron chi connectivity index (χ3n) is 4.47. The lowest BCUT2D eigenvalue weighted by molar-refractivity contribution is 0.0741. The first-order chi connectivity index (χ1) is 12.1. The molecular weight excluding hydrogens is 391 g/mol. The Hall–Kier alpha value is -1.60. The maximum atomic E-state index is 12.7. The van der Waals surface area contributed by atoms with Crippen molar-refractivity contribution in [2.75, 3.05) is 26.2 Å². The lowest BCUT2D eigenvalue weighted by atomic mass is 10.2. The van der Waals surface area contributed by atoms with Crippen LogP contribution in [0.2, 0.25) is 5.02 Å². The van der Waals surface area contributed by atoms with Crippen LogP contribution in [0.1, 0.15) is 20.9 Å². The number of amides is 1. The van der Waals surface area contributed by atoms with Crippen LogP contribution in [0.5, 0.6) is 0 Å². The predicted octanol–water partition coefficient (Wildman–Crippen LogP) is 3.58. The number of aromatic nitrogens is 2. The van der Waals surface area contributed by atoms with Crippen molar-refractivity contribution in [2.24, 2.45) is 0 Å². The van der Waals surface area contributed by atoms with Crippen LogP contribution >= 0.6 is 35.3 Å². The Morgan fingerprint density at radius 1 is 1.27 bits per heavy atom. The molecule has 0 atom stereocenters. The van der Waals surface area contributed by atoms with Crippen LogP contribution in [0.3, 0.4) is 0 Å². The van der Waals surface area contributed by atoms with E-state index in [0.717, 1.165) is 57.6 Å². The number of nitrogens with zero attached hydrogens (tertiary/aromatic N) is 3. The molecule has 0 aliphatic carbocycles. The molecule has 1 aliphatic rings. The van der Waals surface area contributed by atoms with Crippen molar-refractivity contribution in [1.29, 1.82) is 0 Å². The van der Waals surface area contributed by atoms with Crippen molar-refractivity contribution in [3.8, 4) is 0 Å². The molecule has 4 rings (SSSR count). The second-order valence-electron chi connectivity index (χ2n) is 6.24. The van der Waals surface area contributed by atoms with Crippen LogP contribution in [-0.2, 0) is 6.54 Å². The van der Waals surface area contributed by atoms with Crippen molar-refractivity contribution in [3.63, 3.8) is 0 Å². The van der Waals surface area contributed by atoms with Crippen LogP contribution in [0.4, 0.5) is 0 Å². The van der Waals surface area contributed by atoms with Crippen molar-refractivity contribution in [3.05, 3.63) is 51.5 Å². The molecule has 1 amide bonds. The van der Waals surface area contributed by atoms with Crippen LogP contribution in [0.15, 0.2) is 30.3 Å². The highest BCUT2D eigenvalue weighted by Gasteiger charge is 2.22. The number of thiophene rings is 1. The fourth-order valence-electron chi connectivity index (χ4n) is 3.11. The monoisotopic (exact) mass is 410 g/mol. The first-order valence-corrected chi connectivity index (χ1v) is 9.52. The topological polar surface area (TPSA) is 50.2 Å². The zero-order chi connectivity index (χ0) is 17.4. The van der Waals surface area contributed by atoms with E-state index in [1.807, 2.05) is 46.8 Å². The number of hydrogen-bond donors (Lipinski definition) is 1. The molecule has 1 aromatic carbocycles. The molecule has 0 spiro atoms. The lowest BCUT2D eigenvalue weighted by Gasteiger charge is -2.26. The van der Waals surface area contributed by atoms with Gasteiger partial charge in [0.15, 0.2) is 0 Å². The second-order valence-corrected chi connectivity index (χ2v) is 7.71. The Kier molecular flexibility index (Phi) is 5.87. The van der Waals surface area contributed by atoms with E-state index < -0.39 is 0 Å². The minimum Gasteiger partial charge on any atom is -0.335 e. The third kappa shape index (κ3) is 3.74. The number of hydrogen-bond acceptors (Lipinski definition) is 4. The summed E-state index contributed by atoms with van der Waals surface area (Å²) in [6, 6.07) is 9.78. The minimum atomic E-state index is 0. The van der Waals surface area contributed by atoms with Gasteiger partial charge < -0.3 is 10.2 Å². The van der Waals surface area contributed by atoms with Crippen LogP contribution in [-0.4, -0.2) is 46.8 Å². The van der Waals surface area contributed by atoms with Gasteiger partial charge in [-0.1, -0.05) is 23.7 Å². The summed E-state index contributed by atoms with van der Waals surface area (Å²) in [6.45, 7) is 5.92. The van der Waals surface area contributed by atoms with Gasteiger partial charge in [0.1, 0.15) is 4.83 Å². The number of nitrogens with one attached hydrogen (secondary N) is 1. The molecule has 3 aromatic rings. The summed E-state index contributed by atoms with van der Waals surface area (Å²) in [5.74, 6) is 0.125. The number of fused-ring (bicyclic) bond motifs is 1. The van der Waals surface area contributed by atoms with E-state index in [2.05, 4.69) is 10.4 Å². The van der Waals surface area contributed by atoms with E-state index in [9.17, 15) is 4.79 Å². The van der Waals surface area contributed by atoms with E-state index in [1.165, 1.54) is 11.3 Å².